The molecule has 8 nitrogen and oxygen atoms in total. The van der Waals surface area contributed by atoms with Gasteiger partial charge in [0.05, 0.1) is 19.9 Å². The maximum absolute atomic E-state index is 12.5. The Bertz CT molecular complexity index is 943. The van der Waals surface area contributed by atoms with E-state index in [-0.39, 0.29) is 6.42 Å². The van der Waals surface area contributed by atoms with E-state index in [1.165, 1.54) is 14.2 Å². The number of nitrogens with zero attached hydrogens (tertiary/aromatic N) is 1. The van der Waals surface area contributed by atoms with E-state index in [1.807, 2.05) is 24.3 Å². The number of fused-ring (bicyclic) bond motifs is 1. The van der Waals surface area contributed by atoms with E-state index in [4.69, 9.17) is 19.9 Å². The molecule has 1 heterocycles. The summed E-state index contributed by atoms with van der Waals surface area (Å²) in [6.07, 6.45) is -0.366. The molecule has 0 saturated heterocycles. The molecule has 28 heavy (non-hydrogen) atoms. The summed E-state index contributed by atoms with van der Waals surface area (Å²) >= 11 is 3.38. The number of esters is 1. The summed E-state index contributed by atoms with van der Waals surface area (Å²) in [6.45, 7) is 0. The Labute approximate surface area is 169 Å². The SMILES string of the molecule is COc1ccc2c(c1OC)C(=O)O[C@@H]2C/C(=N\NC(N)=O)c1ccc(Br)cc1. The highest BCUT2D eigenvalue weighted by molar-refractivity contribution is 9.10. The molecule has 0 aromatic heterocycles. The predicted octanol–water partition coefficient (Wildman–Crippen LogP) is 3.14. The second-order valence-electron chi connectivity index (χ2n) is 5.90. The van der Waals surface area contributed by atoms with E-state index in [0.717, 1.165) is 10.0 Å². The van der Waals surface area contributed by atoms with Crippen molar-refractivity contribution in [3.63, 3.8) is 0 Å². The van der Waals surface area contributed by atoms with Crippen molar-refractivity contribution >= 4 is 33.6 Å². The van der Waals surface area contributed by atoms with Crippen LogP contribution < -0.4 is 20.6 Å². The van der Waals surface area contributed by atoms with Gasteiger partial charge in [0, 0.05) is 16.5 Å². The van der Waals surface area contributed by atoms with Crippen LogP contribution >= 0.6 is 15.9 Å². The fraction of sp³-hybridized carbons (Fsp3) is 0.211. The van der Waals surface area contributed by atoms with Gasteiger partial charge in [0.2, 0.25) is 0 Å². The number of methoxy groups -OCH3 is 2. The molecule has 1 atom stereocenters. The molecule has 1 aliphatic rings. The lowest BCUT2D eigenvalue weighted by atomic mass is 9.97. The lowest BCUT2D eigenvalue weighted by Gasteiger charge is -2.14. The first-order valence-electron chi connectivity index (χ1n) is 8.28. The summed E-state index contributed by atoms with van der Waals surface area (Å²) in [5.41, 5.74) is 9.62. The average Bonchev–Trinajstić information content (AvgIpc) is 3.00. The number of carbonyl (C=O) groups excluding carboxylic acids is 2. The Morgan fingerprint density at radius 3 is 2.54 bits per heavy atom. The Balaban J connectivity index is 1.97. The lowest BCUT2D eigenvalue weighted by Crippen LogP contribution is -2.26. The Hall–Kier alpha value is -3.07. The molecule has 2 aromatic carbocycles. The van der Waals surface area contributed by atoms with Gasteiger partial charge in [0.15, 0.2) is 11.5 Å². The standard InChI is InChI=1S/C19H18BrN3O5/c1-26-14-8-7-12-15(28-18(24)16(12)17(14)27-2)9-13(22-23-19(21)25)10-3-5-11(20)6-4-10/h3-8,15H,9H2,1-2H3,(H3,21,23,25)/b22-13+/t15-/m1/s1. The number of rotatable bonds is 6. The minimum atomic E-state index is -0.787. The van der Waals surface area contributed by atoms with Gasteiger partial charge in [-0.25, -0.2) is 15.0 Å². The zero-order chi connectivity index (χ0) is 20.3. The van der Waals surface area contributed by atoms with Gasteiger partial charge >= 0.3 is 12.0 Å². The summed E-state index contributed by atoms with van der Waals surface area (Å²) in [7, 11) is 2.96. The number of hydrogen-bond donors (Lipinski definition) is 2. The van der Waals surface area contributed by atoms with Gasteiger partial charge in [-0.05, 0) is 23.8 Å². The number of benzene rings is 2. The highest BCUT2D eigenvalue weighted by atomic mass is 79.9. The first kappa shape index (κ1) is 19.7. The van der Waals surface area contributed by atoms with Crippen LogP contribution in [0.4, 0.5) is 4.79 Å². The van der Waals surface area contributed by atoms with E-state index in [9.17, 15) is 9.59 Å². The number of ether oxygens (including phenoxy) is 3. The number of carbonyl (C=O) groups is 2. The molecule has 3 N–H and O–H groups in total. The van der Waals surface area contributed by atoms with Crippen LogP contribution in [0.2, 0.25) is 0 Å². The fourth-order valence-corrected chi connectivity index (χ4v) is 3.26. The minimum Gasteiger partial charge on any atom is -0.493 e. The van der Waals surface area contributed by atoms with Crippen LogP contribution in [0, 0.1) is 0 Å². The van der Waals surface area contributed by atoms with Crippen molar-refractivity contribution in [2.45, 2.75) is 12.5 Å². The molecule has 0 saturated carbocycles. The van der Waals surface area contributed by atoms with E-state index >= 15 is 0 Å². The number of nitrogens with two attached hydrogens (primary N) is 1. The Morgan fingerprint density at radius 2 is 1.93 bits per heavy atom. The molecule has 0 fully saturated rings. The van der Waals surface area contributed by atoms with Crippen LogP contribution in [0.15, 0.2) is 46.0 Å². The third-order valence-corrected chi connectivity index (χ3v) is 4.76. The third kappa shape index (κ3) is 3.94. The monoisotopic (exact) mass is 447 g/mol. The fourth-order valence-electron chi connectivity index (χ4n) is 2.99. The molecule has 3 rings (SSSR count). The van der Waals surface area contributed by atoms with Crippen molar-refractivity contribution in [2.75, 3.05) is 14.2 Å². The molecule has 0 unspecified atom stereocenters. The van der Waals surface area contributed by atoms with E-state index in [0.29, 0.717) is 28.3 Å². The maximum Gasteiger partial charge on any atom is 0.343 e. The molecular weight excluding hydrogens is 430 g/mol. The topological polar surface area (TPSA) is 112 Å². The van der Waals surface area contributed by atoms with Crippen molar-refractivity contribution in [3.8, 4) is 11.5 Å². The Morgan fingerprint density at radius 1 is 1.21 bits per heavy atom. The van der Waals surface area contributed by atoms with E-state index < -0.39 is 18.1 Å². The van der Waals surface area contributed by atoms with Gasteiger partial charge in [-0.2, -0.15) is 5.10 Å². The van der Waals surface area contributed by atoms with Crippen LogP contribution in [0.1, 0.15) is 34.0 Å². The molecule has 0 radical (unpaired) electrons. The number of nitrogens with one attached hydrogen (secondary N) is 1. The highest BCUT2D eigenvalue weighted by Crippen LogP contribution is 2.43. The van der Waals surface area contributed by atoms with Gasteiger partial charge in [-0.15, -0.1) is 0 Å². The maximum atomic E-state index is 12.5. The average molecular weight is 448 g/mol. The third-order valence-electron chi connectivity index (χ3n) is 4.24. The summed E-state index contributed by atoms with van der Waals surface area (Å²) in [4.78, 5) is 23.6. The second-order valence-corrected chi connectivity index (χ2v) is 6.82. The van der Waals surface area contributed by atoms with Crippen molar-refractivity contribution in [3.05, 3.63) is 57.6 Å². The predicted molar refractivity (Wildman–Crippen MR) is 106 cm³/mol. The smallest absolute Gasteiger partial charge is 0.343 e. The number of amides is 2. The van der Waals surface area contributed by atoms with Crippen molar-refractivity contribution < 1.29 is 23.8 Å². The molecule has 146 valence electrons. The normalized spacial score (nSPS) is 15.6. The van der Waals surface area contributed by atoms with Crippen LogP contribution in [-0.4, -0.2) is 31.9 Å². The number of halogens is 1. The summed E-state index contributed by atoms with van der Waals surface area (Å²) in [5.74, 6) is 0.259. The van der Waals surface area contributed by atoms with Gasteiger partial charge < -0.3 is 19.9 Å². The molecule has 2 aromatic rings. The first-order valence-corrected chi connectivity index (χ1v) is 9.07. The van der Waals surface area contributed by atoms with Crippen LogP contribution in [-0.2, 0) is 4.74 Å². The molecule has 0 bridgehead atoms. The quantitative estimate of drug-likeness (QED) is 0.401. The largest absolute Gasteiger partial charge is 0.493 e. The van der Waals surface area contributed by atoms with Gasteiger partial charge in [-0.1, -0.05) is 34.1 Å². The Kier molecular flexibility index (Phi) is 5.84. The van der Waals surface area contributed by atoms with Gasteiger partial charge in [0.25, 0.3) is 0 Å². The zero-order valence-corrected chi connectivity index (χ0v) is 16.8. The molecule has 1 aliphatic heterocycles. The molecule has 0 aliphatic carbocycles. The summed E-state index contributed by atoms with van der Waals surface area (Å²) < 4.78 is 17.0. The highest BCUT2D eigenvalue weighted by Gasteiger charge is 2.36. The summed E-state index contributed by atoms with van der Waals surface area (Å²) in [6, 6.07) is 10.0. The van der Waals surface area contributed by atoms with Gasteiger partial charge in [-0.3, -0.25) is 0 Å². The molecule has 9 heteroatoms. The number of primary amides is 1. The van der Waals surface area contributed by atoms with E-state index in [1.54, 1.807) is 12.1 Å². The molecule has 2 amide bonds. The van der Waals surface area contributed by atoms with Crippen molar-refractivity contribution in [2.24, 2.45) is 10.8 Å². The lowest BCUT2D eigenvalue weighted by molar-refractivity contribution is 0.0398. The number of hydrazone groups is 1. The minimum absolute atomic E-state index is 0.232. The molecular formula is C19H18BrN3O5. The van der Waals surface area contributed by atoms with Crippen molar-refractivity contribution in [1.82, 2.24) is 5.43 Å². The van der Waals surface area contributed by atoms with Crippen LogP contribution in [0.25, 0.3) is 0 Å². The van der Waals surface area contributed by atoms with Crippen LogP contribution in [0.5, 0.6) is 11.5 Å². The van der Waals surface area contributed by atoms with Gasteiger partial charge in [0.1, 0.15) is 11.7 Å². The zero-order valence-electron chi connectivity index (χ0n) is 15.2. The summed E-state index contributed by atoms with van der Waals surface area (Å²) in [5, 5.41) is 4.09. The molecule has 0 spiro atoms. The van der Waals surface area contributed by atoms with Crippen molar-refractivity contribution in [1.29, 1.82) is 0 Å². The number of hydrogen-bond acceptors (Lipinski definition) is 6. The number of cyclic esters (lactones) is 1. The first-order chi connectivity index (χ1) is 13.4. The number of urea groups is 1. The van der Waals surface area contributed by atoms with E-state index in [2.05, 4.69) is 26.5 Å². The van der Waals surface area contributed by atoms with Crippen LogP contribution in [0.3, 0.4) is 0 Å². The second kappa shape index (κ2) is 8.30.